The Morgan fingerprint density at radius 2 is 2.14 bits per heavy atom. The topological polar surface area (TPSA) is 9.23 Å². The number of hydrogen-bond acceptors (Lipinski definition) is 2. The van der Waals surface area contributed by atoms with Crippen molar-refractivity contribution in [1.29, 1.82) is 0 Å². The van der Waals surface area contributed by atoms with Crippen LogP contribution in [0.15, 0.2) is 18.2 Å². The fourth-order valence-electron chi connectivity index (χ4n) is 1.02. The molecular formula is C10H10F2OS. The summed E-state index contributed by atoms with van der Waals surface area (Å²) in [5, 5.41) is 0. The first-order valence-electron chi connectivity index (χ1n) is 3.99. The normalized spacial score (nSPS) is 10.9. The first kappa shape index (κ1) is 11.0. The van der Waals surface area contributed by atoms with Crippen molar-refractivity contribution in [3.05, 3.63) is 35.4 Å². The number of thiol groups is 1. The third-order valence-electron chi connectivity index (χ3n) is 1.65. The van der Waals surface area contributed by atoms with Crippen molar-refractivity contribution in [3.63, 3.8) is 0 Å². The lowest BCUT2D eigenvalue weighted by molar-refractivity contribution is 0.371. The molecule has 0 unspecified atom stereocenters. The standard InChI is InChI=1S/C10H10F2OS/c1-13-9-6-7(3-2-4-14)5-8(11)10(9)12/h2-3,5-6,14H,4H2,1H3. The summed E-state index contributed by atoms with van der Waals surface area (Å²) in [6.45, 7) is 0. The van der Waals surface area contributed by atoms with Crippen molar-refractivity contribution < 1.29 is 13.5 Å². The summed E-state index contributed by atoms with van der Waals surface area (Å²) in [6.07, 6.45) is 3.38. The first-order valence-corrected chi connectivity index (χ1v) is 4.62. The fourth-order valence-corrected chi connectivity index (χ4v) is 1.12. The molecule has 0 saturated heterocycles. The molecule has 0 aromatic heterocycles. The quantitative estimate of drug-likeness (QED) is 0.764. The molecule has 0 aliphatic rings. The van der Waals surface area contributed by atoms with Crippen molar-refractivity contribution in [2.45, 2.75) is 0 Å². The van der Waals surface area contributed by atoms with Gasteiger partial charge in [0.15, 0.2) is 11.6 Å². The van der Waals surface area contributed by atoms with Gasteiger partial charge in [0.2, 0.25) is 5.82 Å². The smallest absolute Gasteiger partial charge is 0.200 e. The van der Waals surface area contributed by atoms with Crippen LogP contribution >= 0.6 is 12.6 Å². The monoisotopic (exact) mass is 216 g/mol. The Kier molecular flexibility index (Phi) is 3.95. The second-order valence-corrected chi connectivity index (χ2v) is 2.97. The molecule has 0 bridgehead atoms. The lowest BCUT2D eigenvalue weighted by Gasteiger charge is -2.03. The molecule has 1 nitrogen and oxygen atoms in total. The second kappa shape index (κ2) is 5.00. The molecule has 0 amide bonds. The zero-order valence-electron chi connectivity index (χ0n) is 7.63. The van der Waals surface area contributed by atoms with Crippen LogP contribution in [0.5, 0.6) is 5.75 Å². The van der Waals surface area contributed by atoms with Gasteiger partial charge < -0.3 is 4.74 Å². The largest absolute Gasteiger partial charge is 0.494 e. The summed E-state index contributed by atoms with van der Waals surface area (Å²) < 4.78 is 30.6. The van der Waals surface area contributed by atoms with E-state index in [0.717, 1.165) is 6.07 Å². The molecule has 0 aliphatic heterocycles. The number of hydrogen-bond donors (Lipinski definition) is 1. The van der Waals surface area contributed by atoms with Crippen LogP contribution in [0.25, 0.3) is 6.08 Å². The molecule has 0 spiro atoms. The van der Waals surface area contributed by atoms with Gasteiger partial charge in [0.25, 0.3) is 0 Å². The van der Waals surface area contributed by atoms with Gasteiger partial charge in [0, 0.05) is 5.75 Å². The van der Waals surface area contributed by atoms with E-state index in [1.165, 1.54) is 13.2 Å². The van der Waals surface area contributed by atoms with Gasteiger partial charge in [-0.05, 0) is 17.7 Å². The van der Waals surface area contributed by atoms with Gasteiger partial charge in [-0.2, -0.15) is 17.0 Å². The van der Waals surface area contributed by atoms with Crippen molar-refractivity contribution in [3.8, 4) is 5.75 Å². The van der Waals surface area contributed by atoms with Gasteiger partial charge in [-0.3, -0.25) is 0 Å². The van der Waals surface area contributed by atoms with Gasteiger partial charge in [0.1, 0.15) is 0 Å². The summed E-state index contributed by atoms with van der Waals surface area (Å²) in [7, 11) is 1.30. The molecule has 0 aliphatic carbocycles. The SMILES string of the molecule is COc1cc(C=CCS)cc(F)c1F. The molecule has 1 aromatic rings. The molecule has 1 rings (SSSR count). The predicted octanol–water partition coefficient (Wildman–Crippen LogP) is 2.92. The predicted molar refractivity (Wildman–Crippen MR) is 55.8 cm³/mol. The van der Waals surface area contributed by atoms with Crippen LogP contribution in [0.2, 0.25) is 0 Å². The van der Waals surface area contributed by atoms with Crippen LogP contribution in [0.3, 0.4) is 0 Å². The van der Waals surface area contributed by atoms with E-state index in [-0.39, 0.29) is 5.75 Å². The number of rotatable bonds is 3. The Balaban J connectivity index is 3.09. The highest BCUT2D eigenvalue weighted by atomic mass is 32.1. The summed E-state index contributed by atoms with van der Waals surface area (Å²) in [5.41, 5.74) is 0.551. The number of benzene rings is 1. The summed E-state index contributed by atoms with van der Waals surface area (Å²) in [6, 6.07) is 2.54. The molecule has 0 heterocycles. The maximum absolute atomic E-state index is 13.0. The third-order valence-corrected chi connectivity index (χ3v) is 1.86. The Labute approximate surface area is 86.8 Å². The summed E-state index contributed by atoms with van der Waals surface area (Å²) >= 11 is 3.96. The fraction of sp³-hybridized carbons (Fsp3) is 0.200. The van der Waals surface area contributed by atoms with Crippen molar-refractivity contribution in [2.75, 3.05) is 12.9 Å². The molecule has 76 valence electrons. The Morgan fingerprint density at radius 1 is 1.43 bits per heavy atom. The highest BCUT2D eigenvalue weighted by molar-refractivity contribution is 7.80. The third kappa shape index (κ3) is 2.48. The lowest BCUT2D eigenvalue weighted by Crippen LogP contribution is -1.93. The number of methoxy groups -OCH3 is 1. The van der Waals surface area contributed by atoms with Crippen LogP contribution < -0.4 is 4.74 Å². The van der Waals surface area contributed by atoms with Crippen molar-refractivity contribution in [2.24, 2.45) is 0 Å². The zero-order chi connectivity index (χ0) is 10.6. The minimum Gasteiger partial charge on any atom is -0.494 e. The summed E-state index contributed by atoms with van der Waals surface area (Å²) in [5.74, 6) is -1.43. The van der Waals surface area contributed by atoms with E-state index in [1.807, 2.05) is 0 Å². The average Bonchev–Trinajstić information content (AvgIpc) is 2.19. The van der Waals surface area contributed by atoms with E-state index in [9.17, 15) is 8.78 Å². The molecule has 0 atom stereocenters. The van der Waals surface area contributed by atoms with Crippen LogP contribution in [0.1, 0.15) is 5.56 Å². The maximum atomic E-state index is 13.0. The average molecular weight is 216 g/mol. The minimum absolute atomic E-state index is 0.0937. The van der Waals surface area contributed by atoms with Gasteiger partial charge >= 0.3 is 0 Å². The number of ether oxygens (including phenoxy) is 1. The van der Waals surface area contributed by atoms with E-state index in [4.69, 9.17) is 0 Å². The Morgan fingerprint density at radius 3 is 2.71 bits per heavy atom. The molecule has 0 saturated carbocycles. The van der Waals surface area contributed by atoms with E-state index < -0.39 is 11.6 Å². The van der Waals surface area contributed by atoms with Crippen LogP contribution in [0.4, 0.5) is 8.78 Å². The second-order valence-electron chi connectivity index (χ2n) is 2.60. The van der Waals surface area contributed by atoms with Gasteiger partial charge in [0.05, 0.1) is 7.11 Å². The minimum atomic E-state index is -0.962. The number of halogens is 2. The van der Waals surface area contributed by atoms with Crippen LogP contribution in [-0.2, 0) is 0 Å². The van der Waals surface area contributed by atoms with Crippen LogP contribution in [0, 0.1) is 11.6 Å². The molecule has 4 heteroatoms. The highest BCUT2D eigenvalue weighted by Crippen LogP contribution is 2.22. The zero-order valence-corrected chi connectivity index (χ0v) is 8.52. The van der Waals surface area contributed by atoms with Crippen molar-refractivity contribution in [1.82, 2.24) is 0 Å². The van der Waals surface area contributed by atoms with E-state index in [2.05, 4.69) is 17.4 Å². The molecule has 0 fully saturated rings. The van der Waals surface area contributed by atoms with E-state index in [0.29, 0.717) is 11.3 Å². The molecule has 14 heavy (non-hydrogen) atoms. The lowest BCUT2D eigenvalue weighted by atomic mass is 10.2. The highest BCUT2D eigenvalue weighted by Gasteiger charge is 2.09. The van der Waals surface area contributed by atoms with Gasteiger partial charge in [-0.15, -0.1) is 0 Å². The summed E-state index contributed by atoms with van der Waals surface area (Å²) in [4.78, 5) is 0. The maximum Gasteiger partial charge on any atom is 0.200 e. The van der Waals surface area contributed by atoms with Gasteiger partial charge in [-0.1, -0.05) is 12.2 Å². The molecule has 0 radical (unpaired) electrons. The van der Waals surface area contributed by atoms with Gasteiger partial charge in [-0.25, -0.2) is 4.39 Å². The van der Waals surface area contributed by atoms with E-state index >= 15 is 0 Å². The molecule has 0 N–H and O–H groups in total. The Hall–Kier alpha value is -1.03. The van der Waals surface area contributed by atoms with Crippen molar-refractivity contribution >= 4 is 18.7 Å². The molecular weight excluding hydrogens is 206 g/mol. The Bertz CT molecular complexity index is 350. The van der Waals surface area contributed by atoms with E-state index in [1.54, 1.807) is 12.2 Å². The first-order chi connectivity index (χ1) is 6.69. The van der Waals surface area contributed by atoms with Crippen LogP contribution in [-0.4, -0.2) is 12.9 Å². The molecule has 1 aromatic carbocycles.